The SMILES string of the molecule is Cc1cc(-c2cc(-c3ccccc3)c(C)cc2C)[n+](C)cc1CC(C)(C)C.[2H]C([2H])([2H])c1cc(C)c(-c2cc(C)c(C([2H])([2H])C(C)(C)C)c[n+]2C)cc1-c1ccccc1. The highest BCUT2D eigenvalue weighted by molar-refractivity contribution is 5.77. The van der Waals surface area contributed by atoms with Crippen LogP contribution in [0, 0.1) is 52.3 Å². The number of nitrogens with zero attached hydrogens (tertiary/aromatic N) is 2. The predicted octanol–water partition coefficient (Wildman–Crippen LogP) is 12.7. The van der Waals surface area contributed by atoms with Crippen molar-refractivity contribution in [3.63, 3.8) is 0 Å². The van der Waals surface area contributed by atoms with Gasteiger partial charge in [0.05, 0.1) is 0 Å². The molecule has 0 aliphatic rings. The minimum absolute atomic E-state index is 0.291. The second kappa shape index (κ2) is 16.3. The van der Waals surface area contributed by atoms with Gasteiger partial charge in [0, 0.05) is 41.2 Å². The molecular formula is C52H64N2+2. The van der Waals surface area contributed by atoms with Crippen LogP contribution in [0.5, 0.6) is 0 Å². The zero-order valence-electron chi connectivity index (χ0n) is 40.0. The lowest BCUT2D eigenvalue weighted by Crippen LogP contribution is -2.32. The van der Waals surface area contributed by atoms with Gasteiger partial charge in [0.15, 0.2) is 12.4 Å². The molecule has 0 saturated carbocycles. The average molecular weight is 722 g/mol. The minimum Gasteiger partial charge on any atom is -0.201 e. The highest BCUT2D eigenvalue weighted by Crippen LogP contribution is 2.34. The second-order valence-electron chi connectivity index (χ2n) is 17.4. The summed E-state index contributed by atoms with van der Waals surface area (Å²) in [5.41, 5.74) is 16.5. The molecule has 0 radical (unpaired) electrons. The van der Waals surface area contributed by atoms with Crippen molar-refractivity contribution in [3.05, 3.63) is 154 Å². The summed E-state index contributed by atoms with van der Waals surface area (Å²) in [7, 11) is 4.08. The summed E-state index contributed by atoms with van der Waals surface area (Å²) in [6.45, 7) is 20.9. The molecule has 0 bridgehead atoms. The lowest BCUT2D eigenvalue weighted by Gasteiger charge is -2.19. The molecule has 4 aromatic carbocycles. The summed E-state index contributed by atoms with van der Waals surface area (Å²) in [6, 6.07) is 33.0. The monoisotopic (exact) mass is 722 g/mol. The maximum absolute atomic E-state index is 8.71. The Morgan fingerprint density at radius 2 is 0.889 bits per heavy atom. The third-order valence-electron chi connectivity index (χ3n) is 9.96. The number of hydrogen-bond donors (Lipinski definition) is 0. The van der Waals surface area contributed by atoms with Crippen molar-refractivity contribution in [1.29, 1.82) is 0 Å². The Morgan fingerprint density at radius 3 is 1.33 bits per heavy atom. The van der Waals surface area contributed by atoms with Gasteiger partial charge in [0.1, 0.15) is 14.1 Å². The standard InChI is InChI=1S/2C26H32N/c2*1-18-14-25(27(7)17-22(18)16-26(4,5)6)24-15-23(19(2)13-20(24)3)21-11-9-8-10-12-21/h2*8-15,17H,16H2,1-7H3/q2*+1/i2D3,16D2;. The summed E-state index contributed by atoms with van der Waals surface area (Å²) in [5.74, 6) is 0. The topological polar surface area (TPSA) is 7.76 Å². The van der Waals surface area contributed by atoms with E-state index in [1.807, 2.05) is 94.9 Å². The fraction of sp³-hybridized carbons (Fsp3) is 0.346. The quantitative estimate of drug-likeness (QED) is 0.151. The molecule has 2 heterocycles. The van der Waals surface area contributed by atoms with Crippen molar-refractivity contribution in [1.82, 2.24) is 0 Å². The molecule has 0 unspecified atom stereocenters. The maximum Gasteiger partial charge on any atom is 0.212 e. The minimum atomic E-state index is -2.22. The van der Waals surface area contributed by atoms with Crippen LogP contribution in [0.4, 0.5) is 0 Å². The van der Waals surface area contributed by atoms with Crippen molar-refractivity contribution in [3.8, 4) is 44.8 Å². The van der Waals surface area contributed by atoms with Gasteiger partial charge in [0.2, 0.25) is 11.4 Å². The molecule has 0 atom stereocenters. The normalized spacial score (nSPS) is 13.5. The highest BCUT2D eigenvalue weighted by Gasteiger charge is 2.22. The van der Waals surface area contributed by atoms with E-state index in [4.69, 9.17) is 6.85 Å². The lowest BCUT2D eigenvalue weighted by molar-refractivity contribution is -0.661. The van der Waals surface area contributed by atoms with Crippen LogP contribution in [0.25, 0.3) is 44.8 Å². The average Bonchev–Trinajstić information content (AvgIpc) is 3.13. The van der Waals surface area contributed by atoms with E-state index in [1.54, 1.807) is 6.07 Å². The zero-order chi connectivity index (χ0) is 43.8. The number of pyridine rings is 2. The summed E-state index contributed by atoms with van der Waals surface area (Å²) in [6.07, 6.45) is 3.78. The van der Waals surface area contributed by atoms with Gasteiger partial charge in [0.25, 0.3) is 0 Å². The molecule has 0 aliphatic heterocycles. The van der Waals surface area contributed by atoms with Gasteiger partial charge in [-0.05, 0) is 133 Å². The van der Waals surface area contributed by atoms with Gasteiger partial charge in [-0.3, -0.25) is 0 Å². The van der Waals surface area contributed by atoms with Gasteiger partial charge in [-0.2, -0.15) is 0 Å². The number of aromatic nitrogens is 2. The number of hydrogen-bond acceptors (Lipinski definition) is 0. The van der Waals surface area contributed by atoms with Crippen LogP contribution in [-0.2, 0) is 26.9 Å². The Morgan fingerprint density at radius 1 is 0.481 bits per heavy atom. The van der Waals surface area contributed by atoms with E-state index in [0.29, 0.717) is 22.1 Å². The van der Waals surface area contributed by atoms with Gasteiger partial charge in [-0.25, -0.2) is 9.13 Å². The lowest BCUT2D eigenvalue weighted by atomic mass is 9.86. The molecule has 0 amide bonds. The third kappa shape index (κ3) is 9.83. The van der Waals surface area contributed by atoms with Gasteiger partial charge >= 0.3 is 0 Å². The summed E-state index contributed by atoms with van der Waals surface area (Å²) in [4.78, 5) is 0. The first-order valence-corrected chi connectivity index (χ1v) is 19.2. The zero-order valence-corrected chi connectivity index (χ0v) is 35.0. The molecule has 0 fully saturated rings. The number of aryl methyl sites for hydroxylation is 8. The molecule has 0 saturated heterocycles. The first kappa shape index (κ1) is 33.7. The van der Waals surface area contributed by atoms with Crippen LogP contribution in [0.1, 0.15) is 92.9 Å². The Kier molecular flexibility index (Phi) is 10.2. The molecule has 2 nitrogen and oxygen atoms in total. The molecule has 0 spiro atoms. The van der Waals surface area contributed by atoms with E-state index >= 15 is 0 Å². The van der Waals surface area contributed by atoms with E-state index in [9.17, 15) is 0 Å². The van der Waals surface area contributed by atoms with Crippen LogP contribution >= 0.6 is 0 Å². The van der Waals surface area contributed by atoms with Crippen LogP contribution in [0.3, 0.4) is 0 Å². The Balaban J connectivity index is 0.000000227. The van der Waals surface area contributed by atoms with Crippen LogP contribution in [0.2, 0.25) is 0 Å². The molecule has 0 N–H and O–H groups in total. The fourth-order valence-electron chi connectivity index (χ4n) is 7.28. The highest BCUT2D eigenvalue weighted by atomic mass is 14.9. The van der Waals surface area contributed by atoms with Gasteiger partial charge < -0.3 is 0 Å². The largest absolute Gasteiger partial charge is 0.212 e. The molecule has 54 heavy (non-hydrogen) atoms. The van der Waals surface area contributed by atoms with Gasteiger partial charge in [-0.1, -0.05) is 114 Å². The van der Waals surface area contributed by atoms with Crippen molar-refractivity contribution in [2.75, 3.05) is 0 Å². The van der Waals surface area contributed by atoms with Gasteiger partial charge in [-0.15, -0.1) is 0 Å². The van der Waals surface area contributed by atoms with E-state index in [-0.39, 0.29) is 0 Å². The summed E-state index contributed by atoms with van der Waals surface area (Å²) < 4.78 is 45.8. The Hall–Kier alpha value is -4.82. The fourth-order valence-corrected chi connectivity index (χ4v) is 7.28. The van der Waals surface area contributed by atoms with Crippen LogP contribution < -0.4 is 9.13 Å². The molecule has 2 aromatic heterocycles. The number of rotatable bonds is 6. The van der Waals surface area contributed by atoms with Crippen LogP contribution in [0.15, 0.2) is 109 Å². The maximum atomic E-state index is 8.71. The first-order valence-electron chi connectivity index (χ1n) is 21.7. The number of benzene rings is 4. The first-order chi connectivity index (χ1) is 27.3. The van der Waals surface area contributed by atoms with Crippen molar-refractivity contribution < 1.29 is 16.0 Å². The summed E-state index contributed by atoms with van der Waals surface area (Å²) >= 11 is 0. The van der Waals surface area contributed by atoms with Crippen LogP contribution in [-0.4, -0.2) is 0 Å². The van der Waals surface area contributed by atoms with E-state index < -0.39 is 18.6 Å². The smallest absolute Gasteiger partial charge is 0.201 e. The predicted molar refractivity (Wildman–Crippen MR) is 232 cm³/mol. The van der Waals surface area contributed by atoms with Crippen molar-refractivity contribution >= 4 is 0 Å². The van der Waals surface area contributed by atoms with E-state index in [0.717, 1.165) is 34.4 Å². The molecule has 0 aliphatic carbocycles. The van der Waals surface area contributed by atoms with Crippen molar-refractivity contribution in [2.45, 2.75) is 95.8 Å². The third-order valence-corrected chi connectivity index (χ3v) is 9.96. The molecule has 6 aromatic rings. The van der Waals surface area contributed by atoms with Crippen molar-refractivity contribution in [2.24, 2.45) is 24.9 Å². The molecule has 2 heteroatoms. The molecular weight excluding hydrogens is 653 g/mol. The second-order valence-corrected chi connectivity index (χ2v) is 17.4. The molecule has 6 rings (SSSR count). The summed E-state index contributed by atoms with van der Waals surface area (Å²) in [5, 5.41) is 0. The van der Waals surface area contributed by atoms with E-state index in [2.05, 4.69) is 108 Å². The Labute approximate surface area is 334 Å². The Bertz CT molecular complexity index is 2450. The molecule has 280 valence electrons. The van der Waals surface area contributed by atoms with E-state index in [1.165, 1.54) is 44.6 Å².